The Bertz CT molecular complexity index is 336. The molecule has 0 aliphatic carbocycles. The third kappa shape index (κ3) is 3.90. The second-order valence-electron chi connectivity index (χ2n) is 3.60. The Morgan fingerprint density at radius 3 is 2.28 bits per heavy atom. The third-order valence-electron chi connectivity index (χ3n) is 2.36. The zero-order chi connectivity index (χ0) is 13.5. The second-order valence-corrected chi connectivity index (χ2v) is 3.60. The highest BCUT2D eigenvalue weighted by atomic mass is 16.6. The van der Waals surface area contributed by atoms with Crippen LogP contribution in [0, 0.1) is 0 Å². The molecule has 1 saturated heterocycles. The molecule has 1 fully saturated rings. The normalized spacial score (nSPS) is 30.5. The van der Waals surface area contributed by atoms with E-state index in [4.69, 9.17) is 25.2 Å². The van der Waals surface area contributed by atoms with Crippen LogP contribution in [0.4, 0.5) is 0 Å². The highest BCUT2D eigenvalue weighted by Gasteiger charge is 2.41. The number of pyridine rings is 1. The Kier molecular flexibility index (Phi) is 5.96. The fraction of sp³-hybridized carbons (Fsp3) is 0.545. The number of aromatic nitrogens is 1. The molecule has 0 amide bonds. The van der Waals surface area contributed by atoms with Crippen molar-refractivity contribution in [3.63, 3.8) is 0 Å². The van der Waals surface area contributed by atoms with Crippen LogP contribution in [0.25, 0.3) is 0 Å². The second kappa shape index (κ2) is 7.24. The Balaban J connectivity index is 0.000000184. The lowest BCUT2D eigenvalue weighted by Gasteiger charge is -2.09. The molecule has 0 spiro atoms. The summed E-state index contributed by atoms with van der Waals surface area (Å²) in [6.07, 6.45) is -3.06. The number of ether oxygens (including phenoxy) is 2. The van der Waals surface area contributed by atoms with Crippen molar-refractivity contribution in [3.8, 4) is 5.88 Å². The molecule has 0 aromatic carbocycles. The number of aliphatic hydroxyl groups excluding tert-OH is 4. The van der Waals surface area contributed by atoms with Gasteiger partial charge in [0.1, 0.15) is 18.3 Å². The molecule has 7 heteroatoms. The molecule has 1 aliphatic heterocycles. The Hall–Kier alpha value is -1.25. The predicted octanol–water partition coefficient (Wildman–Crippen LogP) is -1.49. The molecular formula is C11H17NO6. The monoisotopic (exact) mass is 259 g/mol. The number of nitrogens with zero attached hydrogens (tertiary/aromatic N) is 1. The first-order valence-corrected chi connectivity index (χ1v) is 5.35. The van der Waals surface area contributed by atoms with Crippen LogP contribution in [0.15, 0.2) is 24.4 Å². The van der Waals surface area contributed by atoms with Crippen LogP contribution in [0.3, 0.4) is 0 Å². The maximum Gasteiger partial charge on any atom is 0.212 e. The first kappa shape index (κ1) is 14.8. The molecule has 2 rings (SSSR count). The molecule has 1 unspecified atom stereocenters. The summed E-state index contributed by atoms with van der Waals surface area (Å²) in [7, 11) is 1.60. The van der Waals surface area contributed by atoms with Gasteiger partial charge in [-0.05, 0) is 6.07 Å². The lowest BCUT2D eigenvalue weighted by molar-refractivity contribution is -0.132. The van der Waals surface area contributed by atoms with E-state index in [0.717, 1.165) is 0 Å². The lowest BCUT2D eigenvalue weighted by Crippen LogP contribution is -2.33. The van der Waals surface area contributed by atoms with Crippen molar-refractivity contribution in [1.29, 1.82) is 0 Å². The summed E-state index contributed by atoms with van der Waals surface area (Å²) in [4.78, 5) is 3.88. The molecule has 4 N–H and O–H groups in total. The van der Waals surface area contributed by atoms with Gasteiger partial charge in [0, 0.05) is 12.3 Å². The van der Waals surface area contributed by atoms with Crippen molar-refractivity contribution < 1.29 is 29.9 Å². The highest BCUT2D eigenvalue weighted by Crippen LogP contribution is 2.18. The van der Waals surface area contributed by atoms with Gasteiger partial charge >= 0.3 is 0 Å². The van der Waals surface area contributed by atoms with E-state index in [0.29, 0.717) is 5.88 Å². The van der Waals surface area contributed by atoms with Crippen molar-refractivity contribution in [2.24, 2.45) is 0 Å². The van der Waals surface area contributed by atoms with Gasteiger partial charge in [-0.25, -0.2) is 4.98 Å². The van der Waals surface area contributed by atoms with E-state index in [1.165, 1.54) is 0 Å². The van der Waals surface area contributed by atoms with Crippen molar-refractivity contribution in [2.45, 2.75) is 24.6 Å². The number of aliphatic hydroxyl groups is 4. The fourth-order valence-electron chi connectivity index (χ4n) is 1.35. The van der Waals surface area contributed by atoms with Crippen molar-refractivity contribution >= 4 is 0 Å². The molecule has 7 nitrogen and oxygen atoms in total. The summed E-state index contributed by atoms with van der Waals surface area (Å²) in [5, 5.41) is 35.0. The summed E-state index contributed by atoms with van der Waals surface area (Å²) >= 11 is 0. The molecule has 0 saturated carbocycles. The summed E-state index contributed by atoms with van der Waals surface area (Å²) < 4.78 is 9.34. The van der Waals surface area contributed by atoms with Gasteiger partial charge in [-0.3, -0.25) is 0 Å². The summed E-state index contributed by atoms with van der Waals surface area (Å²) in [6, 6.07) is 5.54. The van der Waals surface area contributed by atoms with Gasteiger partial charge in [-0.1, -0.05) is 6.07 Å². The van der Waals surface area contributed by atoms with Crippen LogP contribution in [0.2, 0.25) is 0 Å². The van der Waals surface area contributed by atoms with Crippen molar-refractivity contribution in [2.75, 3.05) is 13.7 Å². The first-order valence-electron chi connectivity index (χ1n) is 5.35. The topological polar surface area (TPSA) is 112 Å². The molecule has 1 aromatic heterocycles. The average molecular weight is 259 g/mol. The molecular weight excluding hydrogens is 242 g/mol. The third-order valence-corrected chi connectivity index (χ3v) is 2.36. The zero-order valence-electron chi connectivity index (χ0n) is 9.88. The molecule has 0 radical (unpaired) electrons. The molecule has 1 aromatic rings. The summed E-state index contributed by atoms with van der Waals surface area (Å²) in [5.74, 6) is 0.660. The van der Waals surface area contributed by atoms with Gasteiger partial charge in [0.05, 0.1) is 13.7 Å². The van der Waals surface area contributed by atoms with E-state index in [2.05, 4.69) is 9.72 Å². The zero-order valence-corrected chi connectivity index (χ0v) is 9.88. The van der Waals surface area contributed by atoms with Gasteiger partial charge in [0.15, 0.2) is 6.29 Å². The van der Waals surface area contributed by atoms with E-state index in [-0.39, 0.29) is 0 Å². The molecule has 18 heavy (non-hydrogen) atoms. The fourth-order valence-corrected chi connectivity index (χ4v) is 1.35. The molecule has 2 heterocycles. The average Bonchev–Trinajstić information content (AvgIpc) is 2.67. The lowest BCUT2D eigenvalue weighted by atomic mass is 10.1. The minimum Gasteiger partial charge on any atom is -0.481 e. The number of methoxy groups -OCH3 is 1. The molecule has 102 valence electrons. The SMILES string of the molecule is COc1ccccn1.OC[C@H]1OC(O)[C@@H](O)[C@@H]1O. The van der Waals surface area contributed by atoms with Crippen molar-refractivity contribution in [3.05, 3.63) is 24.4 Å². The van der Waals surface area contributed by atoms with Crippen LogP contribution in [0.1, 0.15) is 0 Å². The first-order chi connectivity index (χ1) is 8.60. The van der Waals surface area contributed by atoms with Crippen LogP contribution in [0.5, 0.6) is 5.88 Å². The molecule has 1 aliphatic rings. The minimum absolute atomic E-state index is 0.407. The predicted molar refractivity (Wildman–Crippen MR) is 60.8 cm³/mol. The molecule has 4 atom stereocenters. The van der Waals surface area contributed by atoms with Gasteiger partial charge in [-0.2, -0.15) is 0 Å². The highest BCUT2D eigenvalue weighted by molar-refractivity contribution is 5.08. The Morgan fingerprint density at radius 2 is 2.00 bits per heavy atom. The van der Waals surface area contributed by atoms with Crippen LogP contribution < -0.4 is 4.74 Å². The maximum atomic E-state index is 8.93. The maximum absolute atomic E-state index is 8.93. The van der Waals surface area contributed by atoms with E-state index >= 15 is 0 Å². The smallest absolute Gasteiger partial charge is 0.212 e. The molecule has 0 bridgehead atoms. The van der Waals surface area contributed by atoms with E-state index < -0.39 is 31.2 Å². The Morgan fingerprint density at radius 1 is 1.28 bits per heavy atom. The quantitative estimate of drug-likeness (QED) is 0.511. The van der Waals surface area contributed by atoms with Gasteiger partial charge in [-0.15, -0.1) is 0 Å². The number of rotatable bonds is 2. The van der Waals surface area contributed by atoms with Crippen molar-refractivity contribution in [1.82, 2.24) is 4.98 Å². The van der Waals surface area contributed by atoms with E-state index in [9.17, 15) is 0 Å². The van der Waals surface area contributed by atoms with Gasteiger partial charge < -0.3 is 29.9 Å². The number of hydrogen-bond acceptors (Lipinski definition) is 7. The van der Waals surface area contributed by atoms with E-state index in [1.54, 1.807) is 19.4 Å². The Labute approximate surface area is 104 Å². The number of hydrogen-bond donors (Lipinski definition) is 4. The largest absolute Gasteiger partial charge is 0.481 e. The van der Waals surface area contributed by atoms with Gasteiger partial charge in [0.2, 0.25) is 5.88 Å². The summed E-state index contributed by atoms with van der Waals surface area (Å²) in [6.45, 7) is -0.407. The standard InChI is InChI=1S/C6H7NO.C5H10O5/c1-8-6-4-2-3-5-7-6;6-1-2-3(7)4(8)5(9)10-2/h2-5H,1H3;2-9H,1H2/t;2-,3-,4+,5?/m.1/s1. The minimum atomic E-state index is -1.38. The summed E-state index contributed by atoms with van der Waals surface area (Å²) in [5.41, 5.74) is 0. The van der Waals surface area contributed by atoms with Crippen LogP contribution in [-0.4, -0.2) is 63.7 Å². The van der Waals surface area contributed by atoms with E-state index in [1.807, 2.05) is 12.1 Å². The van der Waals surface area contributed by atoms with Crippen LogP contribution in [-0.2, 0) is 4.74 Å². The van der Waals surface area contributed by atoms with Gasteiger partial charge in [0.25, 0.3) is 0 Å². The van der Waals surface area contributed by atoms with Crippen LogP contribution >= 0.6 is 0 Å².